The SMILES string of the molecule is Cc1c(C)c(C)c(N=Nc2c(C)c(C)c(N=Nc3c(C)c(C)c(CC(C)C)c4c(C)c(C)c(C)c(C)c34)c(C)c2C)c(C)c1C. The molecule has 0 aromatic heterocycles. The predicted molar refractivity (Wildman–Crippen MR) is 195 cm³/mol. The molecule has 0 aliphatic carbocycles. The summed E-state index contributed by atoms with van der Waals surface area (Å²) >= 11 is 0. The Morgan fingerprint density at radius 1 is 0.311 bits per heavy atom. The van der Waals surface area contributed by atoms with Crippen LogP contribution in [0.5, 0.6) is 0 Å². The van der Waals surface area contributed by atoms with E-state index in [9.17, 15) is 0 Å². The molecule has 0 saturated carbocycles. The number of nitrogens with zero attached hydrogens (tertiary/aromatic N) is 4. The van der Waals surface area contributed by atoms with Crippen LogP contribution in [0.3, 0.4) is 0 Å². The van der Waals surface area contributed by atoms with Crippen LogP contribution in [0.1, 0.15) is 103 Å². The largest absolute Gasteiger partial charge is 0.150 e. The lowest BCUT2D eigenvalue weighted by Gasteiger charge is -2.23. The predicted octanol–water partition coefficient (Wildman–Crippen LogP) is 13.5. The molecule has 0 N–H and O–H groups in total. The second-order valence-electron chi connectivity index (χ2n) is 14.0. The molecule has 0 radical (unpaired) electrons. The van der Waals surface area contributed by atoms with Crippen molar-refractivity contribution in [1.82, 2.24) is 0 Å². The van der Waals surface area contributed by atoms with Crippen molar-refractivity contribution in [1.29, 1.82) is 0 Å². The topological polar surface area (TPSA) is 49.4 Å². The van der Waals surface area contributed by atoms with Gasteiger partial charge in [0.1, 0.15) is 0 Å². The summed E-state index contributed by atoms with van der Waals surface area (Å²) in [7, 11) is 0. The van der Waals surface area contributed by atoms with Gasteiger partial charge >= 0.3 is 0 Å². The number of aryl methyl sites for hydroxylation is 2. The van der Waals surface area contributed by atoms with Crippen molar-refractivity contribution in [2.24, 2.45) is 26.4 Å². The fraction of sp³-hybridized carbons (Fsp3) is 0.463. The van der Waals surface area contributed by atoms with Crippen molar-refractivity contribution in [2.45, 2.75) is 124 Å². The maximum absolute atomic E-state index is 5.11. The molecule has 0 unspecified atom stereocenters. The van der Waals surface area contributed by atoms with E-state index in [0.717, 1.165) is 51.4 Å². The summed E-state index contributed by atoms with van der Waals surface area (Å²) in [4.78, 5) is 0. The quantitative estimate of drug-likeness (QED) is 0.197. The molecule has 0 aliphatic heterocycles. The molecule has 0 saturated heterocycles. The second kappa shape index (κ2) is 12.6. The van der Waals surface area contributed by atoms with Crippen LogP contribution in [0.2, 0.25) is 0 Å². The van der Waals surface area contributed by atoms with Gasteiger partial charge in [-0.25, -0.2) is 0 Å². The van der Waals surface area contributed by atoms with E-state index in [1.807, 2.05) is 0 Å². The molecule has 45 heavy (non-hydrogen) atoms. The van der Waals surface area contributed by atoms with Gasteiger partial charge < -0.3 is 0 Å². The van der Waals surface area contributed by atoms with E-state index >= 15 is 0 Å². The van der Waals surface area contributed by atoms with Crippen molar-refractivity contribution in [3.05, 3.63) is 89.0 Å². The number of hydrogen-bond donors (Lipinski definition) is 0. The van der Waals surface area contributed by atoms with Crippen LogP contribution >= 0.6 is 0 Å². The molecule has 0 atom stereocenters. The van der Waals surface area contributed by atoms with Crippen molar-refractivity contribution < 1.29 is 0 Å². The molecule has 238 valence electrons. The van der Waals surface area contributed by atoms with Crippen molar-refractivity contribution >= 4 is 33.5 Å². The van der Waals surface area contributed by atoms with Crippen LogP contribution in [0.25, 0.3) is 10.8 Å². The maximum Gasteiger partial charge on any atom is 0.0970 e. The van der Waals surface area contributed by atoms with E-state index < -0.39 is 0 Å². The third-order valence-electron chi connectivity index (χ3n) is 11.2. The molecule has 0 heterocycles. The van der Waals surface area contributed by atoms with Crippen molar-refractivity contribution in [3.8, 4) is 0 Å². The Bertz CT molecular complexity index is 1880. The van der Waals surface area contributed by atoms with Gasteiger partial charge in [0.15, 0.2) is 0 Å². The lowest BCUT2D eigenvalue weighted by molar-refractivity contribution is 0.647. The van der Waals surface area contributed by atoms with Crippen molar-refractivity contribution in [3.63, 3.8) is 0 Å². The van der Waals surface area contributed by atoms with E-state index in [2.05, 4.69) is 118 Å². The van der Waals surface area contributed by atoms with Crippen LogP contribution in [0, 0.1) is 110 Å². The van der Waals surface area contributed by atoms with E-state index in [-0.39, 0.29) is 0 Å². The number of azo groups is 2. The van der Waals surface area contributed by atoms with E-state index in [4.69, 9.17) is 20.5 Å². The van der Waals surface area contributed by atoms with Gasteiger partial charge in [-0.2, -0.15) is 0 Å². The van der Waals surface area contributed by atoms with Gasteiger partial charge in [-0.3, -0.25) is 0 Å². The first kappa shape index (κ1) is 34.2. The zero-order chi connectivity index (χ0) is 33.8. The van der Waals surface area contributed by atoms with E-state index in [1.165, 1.54) is 77.5 Å². The minimum absolute atomic E-state index is 0.568. The van der Waals surface area contributed by atoms with Gasteiger partial charge in [-0.05, 0) is 211 Å². The van der Waals surface area contributed by atoms with Crippen molar-refractivity contribution in [2.75, 3.05) is 0 Å². The Labute approximate surface area is 272 Å². The highest BCUT2D eigenvalue weighted by atomic mass is 15.1. The molecule has 0 fully saturated rings. The van der Waals surface area contributed by atoms with Crippen LogP contribution < -0.4 is 0 Å². The fourth-order valence-electron chi connectivity index (χ4n) is 6.96. The van der Waals surface area contributed by atoms with E-state index in [1.54, 1.807) is 0 Å². The molecular formula is C41H54N4. The molecule has 0 bridgehead atoms. The van der Waals surface area contributed by atoms with Crippen LogP contribution in [0.4, 0.5) is 22.7 Å². The Hall–Kier alpha value is -3.66. The van der Waals surface area contributed by atoms with Gasteiger partial charge in [0.25, 0.3) is 0 Å². The Morgan fingerprint density at radius 2 is 0.578 bits per heavy atom. The summed E-state index contributed by atoms with van der Waals surface area (Å²) in [5.41, 5.74) is 23.9. The first-order valence-electron chi connectivity index (χ1n) is 16.5. The number of hydrogen-bond acceptors (Lipinski definition) is 4. The highest BCUT2D eigenvalue weighted by molar-refractivity contribution is 6.03. The lowest BCUT2D eigenvalue weighted by atomic mass is 9.82. The van der Waals surface area contributed by atoms with Crippen LogP contribution in [0.15, 0.2) is 20.5 Å². The number of rotatable bonds is 6. The van der Waals surface area contributed by atoms with Gasteiger partial charge in [-0.15, -0.1) is 20.5 Å². The molecule has 0 amide bonds. The smallest absolute Gasteiger partial charge is 0.0970 e. The average Bonchev–Trinajstić information content (AvgIpc) is 3.00. The van der Waals surface area contributed by atoms with Gasteiger partial charge in [-0.1, -0.05) is 13.8 Å². The Morgan fingerprint density at radius 3 is 0.956 bits per heavy atom. The third-order valence-corrected chi connectivity index (χ3v) is 11.2. The van der Waals surface area contributed by atoms with Crippen LogP contribution in [-0.2, 0) is 6.42 Å². The third kappa shape index (κ3) is 5.66. The van der Waals surface area contributed by atoms with Gasteiger partial charge in [0.2, 0.25) is 0 Å². The molecular weight excluding hydrogens is 548 g/mol. The molecule has 4 rings (SSSR count). The molecule has 4 aromatic carbocycles. The number of benzene rings is 4. The Balaban J connectivity index is 1.93. The monoisotopic (exact) mass is 602 g/mol. The summed E-state index contributed by atoms with van der Waals surface area (Å²) in [5.74, 6) is 0.568. The fourth-order valence-corrected chi connectivity index (χ4v) is 6.96. The van der Waals surface area contributed by atoms with E-state index in [0.29, 0.717) is 5.92 Å². The summed E-state index contributed by atoms with van der Waals surface area (Å²) in [6, 6.07) is 0. The minimum atomic E-state index is 0.568. The first-order chi connectivity index (χ1) is 20.9. The summed E-state index contributed by atoms with van der Waals surface area (Å²) in [6.45, 7) is 37.5. The molecule has 4 aromatic rings. The van der Waals surface area contributed by atoms with Gasteiger partial charge in [0.05, 0.1) is 22.7 Å². The van der Waals surface area contributed by atoms with Crippen LogP contribution in [-0.4, -0.2) is 0 Å². The molecule has 4 nitrogen and oxygen atoms in total. The lowest BCUT2D eigenvalue weighted by Crippen LogP contribution is -2.05. The minimum Gasteiger partial charge on any atom is -0.150 e. The normalized spacial score (nSPS) is 12.2. The highest BCUT2D eigenvalue weighted by Crippen LogP contribution is 2.45. The summed E-state index contributed by atoms with van der Waals surface area (Å²) in [6.07, 6.45) is 1.05. The van der Waals surface area contributed by atoms with Gasteiger partial charge in [0, 0.05) is 5.39 Å². The molecule has 0 aliphatic rings. The zero-order valence-corrected chi connectivity index (χ0v) is 31.1. The first-order valence-corrected chi connectivity index (χ1v) is 16.5. The number of fused-ring (bicyclic) bond motifs is 1. The standard InChI is InChI=1S/C41H54N4/c1-19(2)18-35-25(8)30(13)41(37-27(10)22(5)21(4)26(9)36(35)37)45-44-40-33(16)31(14)39(32(15)34(40)17)43-42-38-28(11)23(6)20(3)24(7)29(38)12/h19H,18H2,1-17H3. The molecule has 0 spiro atoms. The molecule has 4 heteroatoms. The maximum atomic E-state index is 5.11. The summed E-state index contributed by atoms with van der Waals surface area (Å²) < 4.78 is 0. The zero-order valence-electron chi connectivity index (χ0n) is 31.1. The average molecular weight is 603 g/mol. The Kier molecular flexibility index (Phi) is 9.59. The second-order valence-corrected chi connectivity index (χ2v) is 14.0. The summed E-state index contributed by atoms with van der Waals surface area (Å²) in [5, 5.41) is 22.5. The highest BCUT2D eigenvalue weighted by Gasteiger charge is 2.22.